The number of likely N-dealkylation sites (N-methyl/N-ethyl adjacent to an activating group) is 1. The van der Waals surface area contributed by atoms with Crippen LogP contribution in [0.5, 0.6) is 5.75 Å². The van der Waals surface area contributed by atoms with Crippen molar-refractivity contribution in [1.29, 1.82) is 0 Å². The molecule has 0 fully saturated rings. The first-order chi connectivity index (χ1) is 7.11. The molecule has 0 aliphatic rings. The van der Waals surface area contributed by atoms with Crippen molar-refractivity contribution in [1.82, 2.24) is 5.32 Å². The number of nitrogens with one attached hydrogen (secondary N) is 1. The first kappa shape index (κ1) is 12.2. The van der Waals surface area contributed by atoms with Crippen molar-refractivity contribution in [3.8, 4) is 5.75 Å². The molecule has 0 unspecified atom stereocenters. The molecule has 2 nitrogen and oxygen atoms in total. The first-order valence-corrected chi connectivity index (χ1v) is 4.84. The Bertz CT molecular complexity index is 358. The van der Waals surface area contributed by atoms with E-state index in [1.165, 1.54) is 7.11 Å². The van der Waals surface area contributed by atoms with E-state index in [0.717, 1.165) is 6.07 Å². The Kier molecular flexibility index (Phi) is 4.29. The third-order valence-electron chi connectivity index (χ3n) is 2.05. The Morgan fingerprint density at radius 1 is 1.47 bits per heavy atom. The normalized spacial score (nSPS) is 10.5. The predicted octanol–water partition coefficient (Wildman–Crippen LogP) is 2.39. The van der Waals surface area contributed by atoms with Crippen LogP contribution in [0.2, 0.25) is 5.02 Å². The second kappa shape index (κ2) is 5.28. The zero-order chi connectivity index (χ0) is 11.4. The van der Waals surface area contributed by atoms with Gasteiger partial charge in [-0.3, -0.25) is 0 Å². The van der Waals surface area contributed by atoms with E-state index in [-0.39, 0.29) is 16.3 Å². The van der Waals surface area contributed by atoms with E-state index in [9.17, 15) is 8.78 Å². The molecule has 0 atom stereocenters. The molecular weight excluding hydrogens is 224 g/mol. The lowest BCUT2D eigenvalue weighted by Gasteiger charge is -2.11. The van der Waals surface area contributed by atoms with Crippen molar-refractivity contribution in [2.45, 2.75) is 6.42 Å². The van der Waals surface area contributed by atoms with Crippen LogP contribution in [0.1, 0.15) is 5.56 Å². The van der Waals surface area contributed by atoms with Gasteiger partial charge in [0, 0.05) is 5.56 Å². The van der Waals surface area contributed by atoms with Gasteiger partial charge in [0.1, 0.15) is 5.82 Å². The molecule has 1 aromatic rings. The van der Waals surface area contributed by atoms with E-state index < -0.39 is 11.6 Å². The van der Waals surface area contributed by atoms with Crippen molar-refractivity contribution in [2.24, 2.45) is 0 Å². The number of methoxy groups -OCH3 is 1. The fourth-order valence-electron chi connectivity index (χ4n) is 1.32. The maximum absolute atomic E-state index is 13.5. The second-order valence-corrected chi connectivity index (χ2v) is 3.43. The highest BCUT2D eigenvalue weighted by molar-refractivity contribution is 6.30. The van der Waals surface area contributed by atoms with Gasteiger partial charge in [0.2, 0.25) is 0 Å². The molecule has 0 aliphatic heterocycles. The number of rotatable bonds is 4. The summed E-state index contributed by atoms with van der Waals surface area (Å²) in [5.41, 5.74) is 0.164. The first-order valence-electron chi connectivity index (χ1n) is 4.46. The van der Waals surface area contributed by atoms with E-state index in [2.05, 4.69) is 5.32 Å². The van der Waals surface area contributed by atoms with Gasteiger partial charge in [-0.25, -0.2) is 8.78 Å². The van der Waals surface area contributed by atoms with Gasteiger partial charge in [-0.2, -0.15) is 0 Å². The van der Waals surface area contributed by atoms with Crippen LogP contribution in [0.3, 0.4) is 0 Å². The van der Waals surface area contributed by atoms with Crippen molar-refractivity contribution < 1.29 is 13.5 Å². The summed E-state index contributed by atoms with van der Waals surface area (Å²) in [6.07, 6.45) is 0.322. The predicted molar refractivity (Wildman–Crippen MR) is 55.6 cm³/mol. The van der Waals surface area contributed by atoms with Crippen LogP contribution >= 0.6 is 11.6 Å². The number of hydrogen-bond donors (Lipinski definition) is 1. The molecule has 0 heterocycles. The Morgan fingerprint density at radius 2 is 2.13 bits per heavy atom. The van der Waals surface area contributed by atoms with E-state index in [1.54, 1.807) is 7.05 Å². The molecule has 84 valence electrons. The van der Waals surface area contributed by atoms with Crippen molar-refractivity contribution in [3.63, 3.8) is 0 Å². The highest BCUT2D eigenvalue weighted by Gasteiger charge is 2.17. The summed E-state index contributed by atoms with van der Waals surface area (Å²) in [5.74, 6) is -1.34. The van der Waals surface area contributed by atoms with Crippen LogP contribution in [0, 0.1) is 11.6 Å². The minimum atomic E-state index is -0.644. The highest BCUT2D eigenvalue weighted by Crippen LogP contribution is 2.30. The molecule has 5 heteroatoms. The number of ether oxygens (including phenoxy) is 1. The Labute approximate surface area is 92.2 Å². The van der Waals surface area contributed by atoms with Gasteiger partial charge in [-0.1, -0.05) is 11.6 Å². The van der Waals surface area contributed by atoms with Crippen LogP contribution in [0.4, 0.5) is 8.78 Å². The van der Waals surface area contributed by atoms with Gasteiger partial charge in [0.05, 0.1) is 12.1 Å². The van der Waals surface area contributed by atoms with Crippen LogP contribution < -0.4 is 10.1 Å². The zero-order valence-corrected chi connectivity index (χ0v) is 9.29. The largest absolute Gasteiger partial charge is 0.493 e. The van der Waals surface area contributed by atoms with E-state index in [1.807, 2.05) is 0 Å². The van der Waals surface area contributed by atoms with Crippen molar-refractivity contribution in [3.05, 3.63) is 28.3 Å². The summed E-state index contributed by atoms with van der Waals surface area (Å²) in [6.45, 7) is 0.521. The van der Waals surface area contributed by atoms with E-state index >= 15 is 0 Å². The fourth-order valence-corrected chi connectivity index (χ4v) is 1.53. The third kappa shape index (κ3) is 2.58. The molecule has 0 bridgehead atoms. The lowest BCUT2D eigenvalue weighted by Crippen LogP contribution is -2.12. The fraction of sp³-hybridized carbons (Fsp3) is 0.400. The average Bonchev–Trinajstić information content (AvgIpc) is 2.21. The summed E-state index contributed by atoms with van der Waals surface area (Å²) < 4.78 is 31.7. The van der Waals surface area contributed by atoms with Crippen molar-refractivity contribution in [2.75, 3.05) is 20.7 Å². The van der Waals surface area contributed by atoms with Gasteiger partial charge >= 0.3 is 0 Å². The summed E-state index contributed by atoms with van der Waals surface area (Å²) in [7, 11) is 3.03. The minimum absolute atomic E-state index is 0.0767. The molecule has 0 amide bonds. The van der Waals surface area contributed by atoms with E-state index in [4.69, 9.17) is 16.3 Å². The molecular formula is C10H12ClF2NO. The monoisotopic (exact) mass is 235 g/mol. The lowest BCUT2D eigenvalue weighted by atomic mass is 10.1. The van der Waals surface area contributed by atoms with Gasteiger partial charge < -0.3 is 10.1 Å². The molecule has 1 aromatic carbocycles. The molecule has 0 saturated heterocycles. The van der Waals surface area contributed by atoms with Crippen LogP contribution in [-0.2, 0) is 6.42 Å². The molecule has 0 aliphatic carbocycles. The quantitative estimate of drug-likeness (QED) is 0.810. The smallest absolute Gasteiger partial charge is 0.167 e. The minimum Gasteiger partial charge on any atom is -0.493 e. The summed E-state index contributed by atoms with van der Waals surface area (Å²) in [5, 5.41) is 2.62. The molecule has 15 heavy (non-hydrogen) atoms. The maximum Gasteiger partial charge on any atom is 0.167 e. The van der Waals surface area contributed by atoms with E-state index in [0.29, 0.717) is 13.0 Å². The molecule has 1 rings (SSSR count). The SMILES string of the molecule is CNCCc1c(F)c(Cl)cc(F)c1OC. The molecule has 0 aromatic heterocycles. The maximum atomic E-state index is 13.5. The molecule has 0 spiro atoms. The number of benzene rings is 1. The van der Waals surface area contributed by atoms with Crippen LogP contribution in [0.25, 0.3) is 0 Å². The van der Waals surface area contributed by atoms with Crippen LogP contribution in [-0.4, -0.2) is 20.7 Å². The highest BCUT2D eigenvalue weighted by atomic mass is 35.5. The number of hydrogen-bond acceptors (Lipinski definition) is 2. The lowest BCUT2D eigenvalue weighted by molar-refractivity contribution is 0.376. The Hall–Kier alpha value is -0.870. The Balaban J connectivity index is 3.18. The van der Waals surface area contributed by atoms with Crippen LogP contribution in [0.15, 0.2) is 6.07 Å². The average molecular weight is 236 g/mol. The number of halogens is 3. The van der Waals surface area contributed by atoms with Gasteiger partial charge in [0.25, 0.3) is 0 Å². The molecule has 1 N–H and O–H groups in total. The molecule has 0 saturated carbocycles. The van der Waals surface area contributed by atoms with Gasteiger partial charge in [0.15, 0.2) is 11.6 Å². The summed E-state index contributed by atoms with van der Waals surface area (Å²) in [6, 6.07) is 0.915. The third-order valence-corrected chi connectivity index (χ3v) is 2.32. The van der Waals surface area contributed by atoms with Gasteiger partial charge in [-0.15, -0.1) is 0 Å². The summed E-state index contributed by atoms with van der Waals surface area (Å²) in [4.78, 5) is 0. The molecule has 0 radical (unpaired) electrons. The van der Waals surface area contributed by atoms with Gasteiger partial charge in [-0.05, 0) is 26.1 Å². The van der Waals surface area contributed by atoms with Crippen molar-refractivity contribution >= 4 is 11.6 Å². The topological polar surface area (TPSA) is 21.3 Å². The standard InChI is InChI=1S/C10H12ClF2NO/c1-14-4-3-6-9(13)7(11)5-8(12)10(6)15-2/h5,14H,3-4H2,1-2H3. The second-order valence-electron chi connectivity index (χ2n) is 3.02. The summed E-state index contributed by atoms with van der Waals surface area (Å²) >= 11 is 5.54. The zero-order valence-electron chi connectivity index (χ0n) is 8.53. The Morgan fingerprint density at radius 3 is 2.67 bits per heavy atom.